The fourth-order valence-corrected chi connectivity index (χ4v) is 3.16. The number of aromatic nitrogens is 4. The van der Waals surface area contributed by atoms with Crippen LogP contribution in [0.2, 0.25) is 0 Å². The second kappa shape index (κ2) is 6.85. The summed E-state index contributed by atoms with van der Waals surface area (Å²) in [7, 11) is 0. The average molecular weight is 346 g/mol. The Kier molecular flexibility index (Phi) is 4.78. The van der Waals surface area contributed by atoms with Crippen LogP contribution in [0.3, 0.4) is 0 Å². The van der Waals surface area contributed by atoms with Crippen molar-refractivity contribution in [3.63, 3.8) is 0 Å². The molecular weight excluding hydrogens is 320 g/mol. The molecule has 8 nitrogen and oxygen atoms in total. The fraction of sp³-hybridized carbons (Fsp3) is 0.647. The Morgan fingerprint density at radius 1 is 1.36 bits per heavy atom. The maximum atomic E-state index is 12.2. The zero-order valence-electron chi connectivity index (χ0n) is 15.1. The zero-order valence-corrected chi connectivity index (χ0v) is 15.1. The van der Waals surface area contributed by atoms with E-state index in [9.17, 15) is 9.59 Å². The molecule has 2 aromatic heterocycles. The first kappa shape index (κ1) is 17.4. The molecule has 0 saturated heterocycles. The summed E-state index contributed by atoms with van der Waals surface area (Å²) in [5, 5.41) is 10.8. The van der Waals surface area contributed by atoms with E-state index in [0.29, 0.717) is 36.0 Å². The molecule has 0 atom stereocenters. The Morgan fingerprint density at radius 2 is 2.08 bits per heavy atom. The Hall–Kier alpha value is -2.38. The lowest BCUT2D eigenvalue weighted by atomic mass is 10.1. The van der Waals surface area contributed by atoms with E-state index in [-0.39, 0.29) is 17.0 Å². The number of nitrogens with zero attached hydrogens (tertiary/aromatic N) is 3. The predicted octanol–water partition coefficient (Wildman–Crippen LogP) is 1.74. The maximum Gasteiger partial charge on any atom is 0.263 e. The standard InChI is InChI=1S/C17H26N6O2/c1-17(2,3)23-14-12(10-19-23)15(25)22-16(21-14)18-9-8-13(24)20-11-6-4-5-7-11/h10-11H,4-9H2,1-3H3,(H,20,24)(H2,18,21,22,25). The summed E-state index contributed by atoms with van der Waals surface area (Å²) in [4.78, 5) is 31.3. The van der Waals surface area contributed by atoms with Gasteiger partial charge < -0.3 is 10.6 Å². The summed E-state index contributed by atoms with van der Waals surface area (Å²) in [6, 6.07) is 0.322. The minimum Gasteiger partial charge on any atom is -0.355 e. The van der Waals surface area contributed by atoms with Gasteiger partial charge in [0.1, 0.15) is 5.39 Å². The van der Waals surface area contributed by atoms with Crippen LogP contribution in [0, 0.1) is 0 Å². The molecule has 0 aliphatic heterocycles. The molecule has 1 aliphatic carbocycles. The maximum absolute atomic E-state index is 12.2. The van der Waals surface area contributed by atoms with Crippen molar-refractivity contribution in [3.8, 4) is 0 Å². The molecule has 0 radical (unpaired) electrons. The van der Waals surface area contributed by atoms with E-state index in [4.69, 9.17) is 0 Å². The van der Waals surface area contributed by atoms with E-state index in [1.165, 1.54) is 19.0 Å². The van der Waals surface area contributed by atoms with Crippen LogP contribution in [-0.2, 0) is 10.3 Å². The van der Waals surface area contributed by atoms with Crippen molar-refractivity contribution in [1.82, 2.24) is 25.1 Å². The second-order valence-electron chi connectivity index (χ2n) is 7.60. The van der Waals surface area contributed by atoms with Crippen molar-refractivity contribution in [2.75, 3.05) is 11.9 Å². The number of carbonyl (C=O) groups is 1. The molecule has 0 bridgehead atoms. The van der Waals surface area contributed by atoms with Gasteiger partial charge >= 0.3 is 0 Å². The highest BCUT2D eigenvalue weighted by Crippen LogP contribution is 2.19. The normalized spacial score (nSPS) is 15.6. The van der Waals surface area contributed by atoms with Gasteiger partial charge in [-0.05, 0) is 33.6 Å². The van der Waals surface area contributed by atoms with E-state index < -0.39 is 0 Å². The third-order valence-electron chi connectivity index (χ3n) is 4.44. The minimum atomic E-state index is -0.277. The fourth-order valence-electron chi connectivity index (χ4n) is 3.16. The third kappa shape index (κ3) is 4.00. The molecule has 136 valence electrons. The molecule has 1 amide bonds. The van der Waals surface area contributed by atoms with Crippen LogP contribution < -0.4 is 16.2 Å². The van der Waals surface area contributed by atoms with Crippen molar-refractivity contribution in [1.29, 1.82) is 0 Å². The topological polar surface area (TPSA) is 105 Å². The third-order valence-corrected chi connectivity index (χ3v) is 4.44. The summed E-state index contributed by atoms with van der Waals surface area (Å²) in [6.45, 7) is 6.42. The van der Waals surface area contributed by atoms with E-state index in [2.05, 4.69) is 25.7 Å². The van der Waals surface area contributed by atoms with Gasteiger partial charge in [0.05, 0.1) is 11.7 Å². The number of hydrogen-bond donors (Lipinski definition) is 3. The first-order chi connectivity index (χ1) is 11.8. The molecule has 2 heterocycles. The summed E-state index contributed by atoms with van der Waals surface area (Å²) < 4.78 is 1.73. The van der Waals surface area contributed by atoms with Gasteiger partial charge in [-0.3, -0.25) is 14.6 Å². The van der Waals surface area contributed by atoms with Gasteiger partial charge in [-0.15, -0.1) is 0 Å². The highest BCUT2D eigenvalue weighted by atomic mass is 16.1. The lowest BCUT2D eigenvalue weighted by molar-refractivity contribution is -0.121. The molecule has 25 heavy (non-hydrogen) atoms. The Labute approximate surface area is 146 Å². The van der Waals surface area contributed by atoms with Gasteiger partial charge in [0.2, 0.25) is 11.9 Å². The molecule has 3 rings (SSSR count). The van der Waals surface area contributed by atoms with E-state index in [1.807, 2.05) is 20.8 Å². The van der Waals surface area contributed by atoms with E-state index in [0.717, 1.165) is 12.8 Å². The summed E-state index contributed by atoms with van der Waals surface area (Å²) >= 11 is 0. The van der Waals surface area contributed by atoms with Crippen LogP contribution in [0.15, 0.2) is 11.0 Å². The number of hydrogen-bond acceptors (Lipinski definition) is 5. The smallest absolute Gasteiger partial charge is 0.263 e. The lowest BCUT2D eigenvalue weighted by Gasteiger charge is -2.19. The molecule has 0 spiro atoms. The van der Waals surface area contributed by atoms with Gasteiger partial charge in [0.15, 0.2) is 5.65 Å². The highest BCUT2D eigenvalue weighted by molar-refractivity contribution is 5.77. The Bertz CT molecular complexity index is 811. The number of nitrogens with one attached hydrogen (secondary N) is 3. The summed E-state index contributed by atoms with van der Waals surface area (Å²) in [5.74, 6) is 0.389. The summed E-state index contributed by atoms with van der Waals surface area (Å²) in [5.41, 5.74) is 0.0219. The number of anilines is 1. The molecule has 1 aliphatic rings. The van der Waals surface area contributed by atoms with Crippen molar-refractivity contribution in [3.05, 3.63) is 16.6 Å². The lowest BCUT2D eigenvalue weighted by Crippen LogP contribution is -2.33. The molecule has 8 heteroatoms. The van der Waals surface area contributed by atoms with E-state index in [1.54, 1.807) is 4.68 Å². The monoisotopic (exact) mass is 346 g/mol. The summed E-state index contributed by atoms with van der Waals surface area (Å²) in [6.07, 6.45) is 6.40. The number of rotatable bonds is 5. The highest BCUT2D eigenvalue weighted by Gasteiger charge is 2.20. The SMILES string of the molecule is CC(C)(C)n1ncc2c(=O)[nH]c(NCCC(=O)NC3CCCC3)nc21. The largest absolute Gasteiger partial charge is 0.355 e. The van der Waals surface area contributed by atoms with Crippen molar-refractivity contribution in [2.45, 2.75) is 64.5 Å². The number of amides is 1. The van der Waals surface area contributed by atoms with Crippen molar-refractivity contribution in [2.24, 2.45) is 0 Å². The number of carbonyl (C=O) groups excluding carboxylic acids is 1. The van der Waals surface area contributed by atoms with Gasteiger partial charge in [-0.1, -0.05) is 12.8 Å². The Balaban J connectivity index is 1.65. The van der Waals surface area contributed by atoms with Crippen LogP contribution >= 0.6 is 0 Å². The number of fused-ring (bicyclic) bond motifs is 1. The molecule has 2 aromatic rings. The van der Waals surface area contributed by atoms with Crippen molar-refractivity contribution >= 4 is 22.9 Å². The minimum absolute atomic E-state index is 0.0301. The first-order valence-corrected chi connectivity index (χ1v) is 8.86. The molecule has 3 N–H and O–H groups in total. The first-order valence-electron chi connectivity index (χ1n) is 8.86. The van der Waals surface area contributed by atoms with Gasteiger partial charge in [-0.2, -0.15) is 10.1 Å². The van der Waals surface area contributed by atoms with E-state index >= 15 is 0 Å². The van der Waals surface area contributed by atoms with Crippen LogP contribution in [0.4, 0.5) is 5.95 Å². The zero-order chi connectivity index (χ0) is 18.0. The molecule has 1 fully saturated rings. The van der Waals surface area contributed by atoms with Crippen LogP contribution in [0.5, 0.6) is 0 Å². The molecule has 1 saturated carbocycles. The molecule has 0 aromatic carbocycles. The molecular formula is C17H26N6O2. The van der Waals surface area contributed by atoms with Gasteiger partial charge in [0.25, 0.3) is 5.56 Å². The van der Waals surface area contributed by atoms with Crippen LogP contribution in [0.1, 0.15) is 52.9 Å². The van der Waals surface area contributed by atoms with Gasteiger partial charge in [0, 0.05) is 19.0 Å². The number of H-pyrrole nitrogens is 1. The quantitative estimate of drug-likeness (QED) is 0.765. The van der Waals surface area contributed by atoms with Gasteiger partial charge in [-0.25, -0.2) is 4.68 Å². The second-order valence-corrected chi connectivity index (χ2v) is 7.60. The molecule has 0 unspecified atom stereocenters. The number of aromatic amines is 1. The van der Waals surface area contributed by atoms with Crippen molar-refractivity contribution < 1.29 is 4.79 Å². The Morgan fingerprint density at radius 3 is 2.76 bits per heavy atom. The predicted molar refractivity (Wildman–Crippen MR) is 96.7 cm³/mol. The van der Waals surface area contributed by atoms with Crippen LogP contribution in [-0.4, -0.2) is 38.2 Å². The average Bonchev–Trinajstić information content (AvgIpc) is 3.15. The van der Waals surface area contributed by atoms with Crippen LogP contribution in [0.25, 0.3) is 11.0 Å².